The summed E-state index contributed by atoms with van der Waals surface area (Å²) in [5, 5.41) is 2.68. The van der Waals surface area contributed by atoms with Gasteiger partial charge in [-0.2, -0.15) is 0 Å². The highest BCUT2D eigenvalue weighted by molar-refractivity contribution is 6.07. The summed E-state index contributed by atoms with van der Waals surface area (Å²) in [7, 11) is 3.00. The normalized spacial score (nSPS) is 15.2. The fourth-order valence-corrected chi connectivity index (χ4v) is 3.85. The Kier molecular flexibility index (Phi) is 5.58. The predicted molar refractivity (Wildman–Crippen MR) is 116 cm³/mol. The van der Waals surface area contributed by atoms with Crippen LogP contribution in [0.3, 0.4) is 0 Å². The van der Waals surface area contributed by atoms with Crippen LogP contribution in [-0.2, 0) is 6.42 Å². The number of ketones is 1. The van der Waals surface area contributed by atoms with E-state index >= 15 is 0 Å². The van der Waals surface area contributed by atoms with Crippen molar-refractivity contribution in [2.45, 2.75) is 18.8 Å². The average molecular weight is 418 g/mol. The third-order valence-electron chi connectivity index (χ3n) is 5.48. The molecule has 4 rings (SSSR count). The minimum Gasteiger partial charge on any atom is -0.497 e. The molecule has 0 fully saturated rings. The summed E-state index contributed by atoms with van der Waals surface area (Å²) in [6, 6.07) is 16.0. The highest BCUT2D eigenvalue weighted by atomic mass is 16.5. The van der Waals surface area contributed by atoms with Gasteiger partial charge in [-0.05, 0) is 36.1 Å². The lowest BCUT2D eigenvalue weighted by atomic mass is 9.81. The molecule has 1 aromatic heterocycles. The van der Waals surface area contributed by atoms with Gasteiger partial charge < -0.3 is 19.8 Å². The first-order chi connectivity index (χ1) is 15.0. The summed E-state index contributed by atoms with van der Waals surface area (Å²) < 4.78 is 10.4. The zero-order chi connectivity index (χ0) is 22.0. The standard InChI is InChI=1S/C24H22N2O5/c1-30-16-8-9-19(22(12-16)31-2)25-23(28)18-13-17-20(26-24(18)29)10-15(11-21(17)27)14-6-4-3-5-7-14/h3-9,12-13,15H,10-11H2,1-2H3,(H,25,28)(H,26,29)/t15-/m1/s1. The number of hydrogen-bond donors (Lipinski definition) is 2. The van der Waals surface area contributed by atoms with E-state index in [1.165, 1.54) is 20.3 Å². The average Bonchev–Trinajstić information content (AvgIpc) is 2.79. The Labute approximate surface area is 179 Å². The summed E-state index contributed by atoms with van der Waals surface area (Å²) in [5.41, 5.74) is 1.73. The fourth-order valence-electron chi connectivity index (χ4n) is 3.85. The van der Waals surface area contributed by atoms with Crippen molar-refractivity contribution in [3.8, 4) is 11.5 Å². The van der Waals surface area contributed by atoms with E-state index in [1.54, 1.807) is 18.2 Å². The number of methoxy groups -OCH3 is 2. The van der Waals surface area contributed by atoms with Crippen LogP contribution < -0.4 is 20.3 Å². The highest BCUT2D eigenvalue weighted by Crippen LogP contribution is 2.32. The number of anilines is 1. The number of amides is 1. The molecule has 0 unspecified atom stereocenters. The van der Waals surface area contributed by atoms with Crippen LogP contribution in [0.4, 0.5) is 5.69 Å². The third-order valence-corrected chi connectivity index (χ3v) is 5.48. The molecule has 0 spiro atoms. The number of Topliss-reactive ketones (excluding diaryl/α,β-unsaturated/α-hetero) is 1. The Morgan fingerprint density at radius 1 is 1.00 bits per heavy atom. The molecule has 7 nitrogen and oxygen atoms in total. The first kappa shape index (κ1) is 20.4. The van der Waals surface area contributed by atoms with Crippen LogP contribution in [0.25, 0.3) is 0 Å². The summed E-state index contributed by atoms with van der Waals surface area (Å²) in [5.74, 6) is 0.247. The van der Waals surface area contributed by atoms with Crippen molar-refractivity contribution in [2.75, 3.05) is 19.5 Å². The summed E-state index contributed by atoms with van der Waals surface area (Å²) >= 11 is 0. The fraction of sp³-hybridized carbons (Fsp3) is 0.208. The topological polar surface area (TPSA) is 97.5 Å². The van der Waals surface area contributed by atoms with Crippen LogP contribution in [0.5, 0.6) is 11.5 Å². The number of carbonyl (C=O) groups excluding carboxylic acids is 2. The van der Waals surface area contributed by atoms with Crippen molar-refractivity contribution in [3.63, 3.8) is 0 Å². The number of benzene rings is 2. The third kappa shape index (κ3) is 4.07. The van der Waals surface area contributed by atoms with Crippen molar-refractivity contribution in [3.05, 3.63) is 87.3 Å². The Morgan fingerprint density at radius 3 is 2.48 bits per heavy atom. The van der Waals surface area contributed by atoms with Gasteiger partial charge in [0.2, 0.25) is 0 Å². The minimum absolute atomic E-state index is 0.0000804. The predicted octanol–water partition coefficient (Wildman–Crippen LogP) is 3.56. The summed E-state index contributed by atoms with van der Waals surface area (Å²) in [6.45, 7) is 0. The van der Waals surface area contributed by atoms with Gasteiger partial charge in [-0.1, -0.05) is 30.3 Å². The second-order valence-electron chi connectivity index (χ2n) is 7.36. The van der Waals surface area contributed by atoms with Gasteiger partial charge in [0.05, 0.1) is 19.9 Å². The first-order valence-electron chi connectivity index (χ1n) is 9.88. The molecule has 1 aliphatic rings. The molecule has 0 radical (unpaired) electrons. The first-order valence-corrected chi connectivity index (χ1v) is 9.88. The van der Waals surface area contributed by atoms with E-state index in [0.29, 0.717) is 41.3 Å². The Hall–Kier alpha value is -3.87. The number of ether oxygens (including phenoxy) is 2. The van der Waals surface area contributed by atoms with Gasteiger partial charge in [-0.3, -0.25) is 14.4 Å². The molecule has 0 bridgehead atoms. The van der Waals surface area contributed by atoms with E-state index in [9.17, 15) is 14.4 Å². The Bertz CT molecular complexity index is 1200. The lowest BCUT2D eigenvalue weighted by Crippen LogP contribution is -2.29. The number of aromatic amines is 1. The maximum Gasteiger partial charge on any atom is 0.261 e. The molecule has 31 heavy (non-hydrogen) atoms. The van der Waals surface area contributed by atoms with Crippen LogP contribution in [0.1, 0.15) is 44.3 Å². The molecule has 1 heterocycles. The molecular formula is C24H22N2O5. The largest absolute Gasteiger partial charge is 0.497 e. The zero-order valence-electron chi connectivity index (χ0n) is 17.2. The molecule has 2 N–H and O–H groups in total. The quantitative estimate of drug-likeness (QED) is 0.660. The molecule has 0 saturated carbocycles. The maximum atomic E-state index is 12.8. The van der Waals surface area contributed by atoms with Gasteiger partial charge in [0.15, 0.2) is 5.78 Å². The number of rotatable bonds is 5. The molecule has 0 saturated heterocycles. The van der Waals surface area contributed by atoms with Gasteiger partial charge in [0, 0.05) is 23.7 Å². The number of aromatic nitrogens is 1. The lowest BCUT2D eigenvalue weighted by molar-refractivity contribution is 0.0963. The van der Waals surface area contributed by atoms with Crippen molar-refractivity contribution in [2.24, 2.45) is 0 Å². The Morgan fingerprint density at radius 2 is 1.77 bits per heavy atom. The molecule has 2 aromatic carbocycles. The van der Waals surface area contributed by atoms with Crippen LogP contribution >= 0.6 is 0 Å². The van der Waals surface area contributed by atoms with E-state index in [-0.39, 0.29) is 17.3 Å². The van der Waals surface area contributed by atoms with Gasteiger partial charge in [0.1, 0.15) is 17.1 Å². The number of nitrogens with one attached hydrogen (secondary N) is 2. The molecule has 158 valence electrons. The second-order valence-corrected chi connectivity index (χ2v) is 7.36. The second kappa shape index (κ2) is 8.47. The highest BCUT2D eigenvalue weighted by Gasteiger charge is 2.29. The molecule has 7 heteroatoms. The maximum absolute atomic E-state index is 12.8. The van der Waals surface area contributed by atoms with E-state index < -0.39 is 11.5 Å². The van der Waals surface area contributed by atoms with Crippen molar-refractivity contribution < 1.29 is 19.1 Å². The Balaban J connectivity index is 1.62. The van der Waals surface area contributed by atoms with Gasteiger partial charge in [-0.25, -0.2) is 0 Å². The molecule has 1 amide bonds. The zero-order valence-corrected chi connectivity index (χ0v) is 17.2. The molecule has 1 atom stereocenters. The van der Waals surface area contributed by atoms with Crippen LogP contribution in [0.15, 0.2) is 59.4 Å². The number of H-pyrrole nitrogens is 1. The van der Waals surface area contributed by atoms with E-state index in [2.05, 4.69) is 10.3 Å². The van der Waals surface area contributed by atoms with Crippen molar-refractivity contribution in [1.82, 2.24) is 4.98 Å². The van der Waals surface area contributed by atoms with Gasteiger partial charge >= 0.3 is 0 Å². The van der Waals surface area contributed by atoms with Crippen molar-refractivity contribution >= 4 is 17.4 Å². The van der Waals surface area contributed by atoms with Crippen LogP contribution in [0.2, 0.25) is 0 Å². The number of carbonyl (C=O) groups is 2. The van der Waals surface area contributed by atoms with Gasteiger partial charge in [0.25, 0.3) is 11.5 Å². The van der Waals surface area contributed by atoms with Crippen LogP contribution in [-0.4, -0.2) is 30.9 Å². The van der Waals surface area contributed by atoms with Crippen LogP contribution in [0, 0.1) is 0 Å². The van der Waals surface area contributed by atoms with Crippen molar-refractivity contribution in [1.29, 1.82) is 0 Å². The molecular weight excluding hydrogens is 396 g/mol. The van der Waals surface area contributed by atoms with E-state index in [4.69, 9.17) is 9.47 Å². The van der Waals surface area contributed by atoms with E-state index in [1.807, 2.05) is 30.3 Å². The number of pyridine rings is 1. The smallest absolute Gasteiger partial charge is 0.261 e. The minimum atomic E-state index is -0.620. The SMILES string of the molecule is COc1ccc(NC(=O)c2cc3c([nH]c2=O)C[C@@H](c2ccccc2)CC3=O)c(OC)c1. The van der Waals surface area contributed by atoms with E-state index in [0.717, 1.165) is 5.56 Å². The monoisotopic (exact) mass is 418 g/mol. The van der Waals surface area contributed by atoms with Gasteiger partial charge in [-0.15, -0.1) is 0 Å². The summed E-state index contributed by atoms with van der Waals surface area (Å²) in [4.78, 5) is 41.0. The summed E-state index contributed by atoms with van der Waals surface area (Å²) in [6.07, 6.45) is 0.866. The lowest BCUT2D eigenvalue weighted by Gasteiger charge is -2.24. The molecule has 0 aliphatic heterocycles. The molecule has 3 aromatic rings. The molecule has 1 aliphatic carbocycles. The number of fused-ring (bicyclic) bond motifs is 1. The number of hydrogen-bond acceptors (Lipinski definition) is 5.